The van der Waals surface area contributed by atoms with Crippen molar-refractivity contribution in [3.63, 3.8) is 0 Å². The molecule has 1 aromatic carbocycles. The fraction of sp³-hybridized carbons (Fsp3) is 0.440. The first-order valence-electron chi connectivity index (χ1n) is 11.6. The summed E-state index contributed by atoms with van der Waals surface area (Å²) in [7, 11) is 3.16. The van der Waals surface area contributed by atoms with Crippen molar-refractivity contribution in [1.82, 2.24) is 19.7 Å². The SMILES string of the molecule is COc1cc(NC(=O)CCc2c(C)nn(-c3cc(N4CCCCC4)ncn3)c2C)cc(OC)c1. The molecule has 34 heavy (non-hydrogen) atoms. The van der Waals surface area contributed by atoms with Gasteiger partial charge in [-0.25, -0.2) is 14.6 Å². The second-order valence-corrected chi connectivity index (χ2v) is 8.49. The second kappa shape index (κ2) is 10.5. The van der Waals surface area contributed by atoms with Gasteiger partial charge < -0.3 is 19.7 Å². The number of amides is 1. The maximum absolute atomic E-state index is 12.7. The smallest absolute Gasteiger partial charge is 0.224 e. The Morgan fingerprint density at radius 1 is 0.971 bits per heavy atom. The van der Waals surface area contributed by atoms with E-state index in [0.29, 0.717) is 30.0 Å². The van der Waals surface area contributed by atoms with Crippen molar-refractivity contribution in [3.8, 4) is 17.3 Å². The van der Waals surface area contributed by atoms with E-state index < -0.39 is 0 Å². The Bertz CT molecular complexity index is 1130. The van der Waals surface area contributed by atoms with E-state index in [-0.39, 0.29) is 5.91 Å². The number of aryl methyl sites for hydroxylation is 1. The van der Waals surface area contributed by atoms with Gasteiger partial charge in [0, 0.05) is 55.2 Å². The lowest BCUT2D eigenvalue weighted by atomic mass is 10.1. The summed E-state index contributed by atoms with van der Waals surface area (Å²) in [5.74, 6) is 2.84. The highest BCUT2D eigenvalue weighted by Gasteiger charge is 2.18. The molecule has 9 nitrogen and oxygen atoms in total. The number of carbonyl (C=O) groups is 1. The Morgan fingerprint density at radius 3 is 2.32 bits per heavy atom. The summed E-state index contributed by atoms with van der Waals surface area (Å²) in [5.41, 5.74) is 3.57. The number of ether oxygens (including phenoxy) is 2. The van der Waals surface area contributed by atoms with Gasteiger partial charge in [0.15, 0.2) is 5.82 Å². The van der Waals surface area contributed by atoms with Crippen molar-refractivity contribution in [3.05, 3.63) is 47.5 Å². The van der Waals surface area contributed by atoms with Gasteiger partial charge in [0.25, 0.3) is 0 Å². The van der Waals surface area contributed by atoms with E-state index in [4.69, 9.17) is 14.6 Å². The van der Waals surface area contributed by atoms with Crippen LogP contribution in [0.2, 0.25) is 0 Å². The summed E-state index contributed by atoms with van der Waals surface area (Å²) in [4.78, 5) is 23.9. The number of piperidine rings is 1. The highest BCUT2D eigenvalue weighted by molar-refractivity contribution is 5.91. The van der Waals surface area contributed by atoms with Gasteiger partial charge in [0.05, 0.1) is 19.9 Å². The summed E-state index contributed by atoms with van der Waals surface area (Å²) >= 11 is 0. The third-order valence-electron chi connectivity index (χ3n) is 6.21. The van der Waals surface area contributed by atoms with E-state index >= 15 is 0 Å². The molecule has 3 heterocycles. The number of nitrogens with one attached hydrogen (secondary N) is 1. The van der Waals surface area contributed by atoms with E-state index in [1.165, 1.54) is 19.3 Å². The van der Waals surface area contributed by atoms with Crippen molar-refractivity contribution >= 4 is 17.4 Å². The summed E-state index contributed by atoms with van der Waals surface area (Å²) in [5, 5.41) is 7.65. The molecule has 4 rings (SSSR count). The van der Waals surface area contributed by atoms with E-state index in [1.54, 1.807) is 38.7 Å². The van der Waals surface area contributed by atoms with Gasteiger partial charge in [-0.15, -0.1) is 0 Å². The molecule has 1 aliphatic heterocycles. The van der Waals surface area contributed by atoms with Gasteiger partial charge in [-0.3, -0.25) is 4.79 Å². The summed E-state index contributed by atoms with van der Waals surface area (Å²) in [6, 6.07) is 7.30. The Morgan fingerprint density at radius 2 is 1.65 bits per heavy atom. The number of hydrogen-bond donors (Lipinski definition) is 1. The minimum absolute atomic E-state index is 0.0868. The Hall–Kier alpha value is -3.62. The lowest BCUT2D eigenvalue weighted by Gasteiger charge is -2.27. The number of methoxy groups -OCH3 is 2. The van der Waals surface area contributed by atoms with Crippen molar-refractivity contribution in [1.29, 1.82) is 0 Å². The van der Waals surface area contributed by atoms with E-state index in [0.717, 1.165) is 41.7 Å². The van der Waals surface area contributed by atoms with E-state index in [1.807, 2.05) is 24.6 Å². The van der Waals surface area contributed by atoms with Crippen molar-refractivity contribution in [2.24, 2.45) is 0 Å². The fourth-order valence-electron chi connectivity index (χ4n) is 4.35. The van der Waals surface area contributed by atoms with Crippen LogP contribution in [0.1, 0.15) is 42.6 Å². The van der Waals surface area contributed by atoms with Crippen molar-refractivity contribution < 1.29 is 14.3 Å². The van der Waals surface area contributed by atoms with Crippen LogP contribution in [0.25, 0.3) is 5.82 Å². The van der Waals surface area contributed by atoms with Crippen LogP contribution in [-0.2, 0) is 11.2 Å². The molecule has 2 aromatic heterocycles. The van der Waals surface area contributed by atoms with Gasteiger partial charge in [-0.1, -0.05) is 0 Å². The molecule has 3 aromatic rings. The molecule has 0 spiro atoms. The molecule has 0 unspecified atom stereocenters. The standard InChI is InChI=1S/C25H32N6O3/c1-17-22(8-9-25(32)28-19-12-20(33-3)14-21(13-19)34-4)18(2)31(29-17)24-15-23(26-16-27-24)30-10-6-5-7-11-30/h12-16H,5-11H2,1-4H3,(H,28,32). The molecule has 1 saturated heterocycles. The monoisotopic (exact) mass is 464 g/mol. The Kier molecular flexibility index (Phi) is 7.30. The van der Waals surface area contributed by atoms with Crippen LogP contribution >= 0.6 is 0 Å². The summed E-state index contributed by atoms with van der Waals surface area (Å²) < 4.78 is 12.4. The highest BCUT2D eigenvalue weighted by Crippen LogP contribution is 2.26. The number of hydrogen-bond acceptors (Lipinski definition) is 7. The summed E-state index contributed by atoms with van der Waals surface area (Å²) in [6.07, 6.45) is 6.16. The average molecular weight is 465 g/mol. The zero-order valence-electron chi connectivity index (χ0n) is 20.3. The molecule has 180 valence electrons. The molecule has 0 atom stereocenters. The molecule has 0 bridgehead atoms. The number of nitrogens with zero attached hydrogens (tertiary/aromatic N) is 5. The number of benzene rings is 1. The van der Waals surface area contributed by atoms with Gasteiger partial charge >= 0.3 is 0 Å². The van der Waals surface area contributed by atoms with Crippen molar-refractivity contribution in [2.75, 3.05) is 37.5 Å². The molecule has 9 heteroatoms. The van der Waals surface area contributed by atoms with Gasteiger partial charge in [-0.2, -0.15) is 5.10 Å². The fourth-order valence-corrected chi connectivity index (χ4v) is 4.35. The number of rotatable bonds is 8. The minimum Gasteiger partial charge on any atom is -0.497 e. The molecule has 0 saturated carbocycles. The number of aromatic nitrogens is 4. The average Bonchev–Trinajstić information content (AvgIpc) is 3.16. The molecule has 0 aliphatic carbocycles. The van der Waals surface area contributed by atoms with Crippen LogP contribution in [0, 0.1) is 13.8 Å². The molecular weight excluding hydrogens is 432 g/mol. The molecular formula is C25H32N6O3. The van der Waals surface area contributed by atoms with Crippen molar-refractivity contribution in [2.45, 2.75) is 46.0 Å². The van der Waals surface area contributed by atoms with Gasteiger partial charge in [-0.05, 0) is 45.1 Å². The number of carbonyl (C=O) groups excluding carboxylic acids is 1. The Balaban J connectivity index is 1.45. The van der Waals surface area contributed by atoms with Crippen LogP contribution in [0.3, 0.4) is 0 Å². The first-order chi connectivity index (χ1) is 16.5. The van der Waals surface area contributed by atoms with Crippen LogP contribution < -0.4 is 19.7 Å². The topological polar surface area (TPSA) is 94.4 Å². The van der Waals surface area contributed by atoms with E-state index in [9.17, 15) is 4.79 Å². The summed E-state index contributed by atoms with van der Waals surface area (Å²) in [6.45, 7) is 6.03. The maximum atomic E-state index is 12.7. The first kappa shape index (κ1) is 23.5. The first-order valence-corrected chi connectivity index (χ1v) is 11.6. The predicted molar refractivity (Wildman–Crippen MR) is 131 cm³/mol. The van der Waals surface area contributed by atoms with Crippen LogP contribution in [-0.4, -0.2) is 53.0 Å². The molecule has 0 radical (unpaired) electrons. The predicted octanol–water partition coefficient (Wildman–Crippen LogP) is 3.86. The molecule has 1 amide bonds. The largest absolute Gasteiger partial charge is 0.497 e. The number of anilines is 2. The third kappa shape index (κ3) is 5.30. The zero-order chi connectivity index (χ0) is 24.1. The molecule has 1 N–H and O–H groups in total. The van der Waals surface area contributed by atoms with Crippen LogP contribution in [0.5, 0.6) is 11.5 Å². The minimum atomic E-state index is -0.0868. The van der Waals surface area contributed by atoms with E-state index in [2.05, 4.69) is 20.2 Å². The third-order valence-corrected chi connectivity index (χ3v) is 6.21. The lowest BCUT2D eigenvalue weighted by Crippen LogP contribution is -2.30. The highest BCUT2D eigenvalue weighted by atomic mass is 16.5. The Labute approximate surface area is 200 Å². The van der Waals surface area contributed by atoms with Crippen LogP contribution in [0.4, 0.5) is 11.5 Å². The van der Waals surface area contributed by atoms with Gasteiger partial charge in [0.1, 0.15) is 23.6 Å². The second-order valence-electron chi connectivity index (χ2n) is 8.49. The molecule has 1 aliphatic rings. The van der Waals surface area contributed by atoms with Gasteiger partial charge in [0.2, 0.25) is 5.91 Å². The normalized spacial score (nSPS) is 13.6. The quantitative estimate of drug-likeness (QED) is 0.541. The molecule has 1 fully saturated rings. The lowest BCUT2D eigenvalue weighted by molar-refractivity contribution is -0.116. The maximum Gasteiger partial charge on any atom is 0.224 e. The zero-order valence-corrected chi connectivity index (χ0v) is 20.3. The van der Waals surface area contributed by atoms with Crippen LogP contribution in [0.15, 0.2) is 30.6 Å².